The van der Waals surface area contributed by atoms with E-state index in [2.05, 4.69) is 15.9 Å². The summed E-state index contributed by atoms with van der Waals surface area (Å²) in [5.74, 6) is 1.53. The van der Waals surface area contributed by atoms with Crippen LogP contribution in [0.4, 0.5) is 0 Å². The van der Waals surface area contributed by atoms with E-state index in [9.17, 15) is 0 Å². The molecule has 76 valence electrons. The molecule has 1 aromatic carbocycles. The quantitative estimate of drug-likeness (QED) is 0.840. The van der Waals surface area contributed by atoms with Gasteiger partial charge >= 0.3 is 0 Å². The molecule has 1 aromatic rings. The maximum Gasteiger partial charge on any atom is 0.167 e. The highest BCUT2D eigenvalue weighted by atomic mass is 79.9. The van der Waals surface area contributed by atoms with Crippen LogP contribution < -0.4 is 15.2 Å². The van der Waals surface area contributed by atoms with Gasteiger partial charge in [0.25, 0.3) is 0 Å². The molecule has 0 unspecified atom stereocenters. The first-order chi connectivity index (χ1) is 6.74. The van der Waals surface area contributed by atoms with Crippen molar-refractivity contribution in [3.63, 3.8) is 0 Å². The van der Waals surface area contributed by atoms with Crippen LogP contribution in [0.3, 0.4) is 0 Å². The zero-order chi connectivity index (χ0) is 10.1. The Morgan fingerprint density at radius 2 is 2.36 bits per heavy atom. The molecular weight excluding hydrogens is 246 g/mol. The number of nitrogens with two attached hydrogens (primary N) is 1. The van der Waals surface area contributed by atoms with Crippen molar-refractivity contribution in [2.45, 2.75) is 12.5 Å². The monoisotopic (exact) mass is 257 g/mol. The van der Waals surface area contributed by atoms with Crippen LogP contribution in [-0.4, -0.2) is 13.7 Å². The molecule has 0 radical (unpaired) electrons. The van der Waals surface area contributed by atoms with Crippen LogP contribution in [0.5, 0.6) is 11.5 Å². The fourth-order valence-electron chi connectivity index (χ4n) is 1.64. The topological polar surface area (TPSA) is 44.5 Å². The molecule has 0 spiro atoms. The van der Waals surface area contributed by atoms with Gasteiger partial charge < -0.3 is 15.2 Å². The Morgan fingerprint density at radius 1 is 1.57 bits per heavy atom. The Balaban J connectivity index is 2.57. The third-order valence-corrected chi connectivity index (χ3v) is 3.06. The second-order valence-corrected chi connectivity index (χ2v) is 4.09. The summed E-state index contributed by atoms with van der Waals surface area (Å²) in [7, 11) is 1.63. The molecule has 2 N–H and O–H groups in total. The summed E-state index contributed by atoms with van der Waals surface area (Å²) in [6.07, 6.45) is 0.846. The van der Waals surface area contributed by atoms with Crippen LogP contribution >= 0.6 is 15.9 Å². The average molecular weight is 258 g/mol. The molecule has 14 heavy (non-hydrogen) atoms. The summed E-state index contributed by atoms with van der Waals surface area (Å²) in [6.45, 7) is 0.654. The highest BCUT2D eigenvalue weighted by molar-refractivity contribution is 9.10. The lowest BCUT2D eigenvalue weighted by Gasteiger charge is -2.25. The number of hydrogen-bond donors (Lipinski definition) is 1. The van der Waals surface area contributed by atoms with Crippen LogP contribution in [-0.2, 0) is 0 Å². The minimum Gasteiger partial charge on any atom is -0.493 e. The number of hydrogen-bond acceptors (Lipinski definition) is 3. The third-order valence-electron chi connectivity index (χ3n) is 2.37. The minimum absolute atomic E-state index is 0.0308. The van der Waals surface area contributed by atoms with Gasteiger partial charge in [-0.25, -0.2) is 0 Å². The molecule has 3 nitrogen and oxygen atoms in total. The highest BCUT2D eigenvalue weighted by Crippen LogP contribution is 2.42. The molecule has 2 rings (SSSR count). The lowest BCUT2D eigenvalue weighted by atomic mass is 10.0. The molecule has 1 aliphatic heterocycles. The third kappa shape index (κ3) is 1.48. The number of benzene rings is 1. The predicted molar refractivity (Wildman–Crippen MR) is 57.7 cm³/mol. The first-order valence-corrected chi connectivity index (χ1v) is 5.28. The SMILES string of the molecule is COc1ccc(Br)c2c1OCC[C@H]2N. The van der Waals surface area contributed by atoms with E-state index in [0.29, 0.717) is 6.61 Å². The largest absolute Gasteiger partial charge is 0.493 e. The van der Waals surface area contributed by atoms with Crippen molar-refractivity contribution >= 4 is 15.9 Å². The second-order valence-electron chi connectivity index (χ2n) is 3.24. The van der Waals surface area contributed by atoms with Crippen molar-refractivity contribution in [3.05, 3.63) is 22.2 Å². The fraction of sp³-hybridized carbons (Fsp3) is 0.400. The van der Waals surface area contributed by atoms with E-state index in [1.165, 1.54) is 0 Å². The Hall–Kier alpha value is -0.740. The van der Waals surface area contributed by atoms with Crippen molar-refractivity contribution in [3.8, 4) is 11.5 Å². The lowest BCUT2D eigenvalue weighted by molar-refractivity contribution is 0.252. The number of methoxy groups -OCH3 is 1. The van der Waals surface area contributed by atoms with Gasteiger partial charge in [-0.3, -0.25) is 0 Å². The van der Waals surface area contributed by atoms with Gasteiger partial charge in [-0.2, -0.15) is 0 Å². The first kappa shape index (κ1) is 9.80. The first-order valence-electron chi connectivity index (χ1n) is 4.49. The van der Waals surface area contributed by atoms with E-state index in [1.54, 1.807) is 7.11 Å². The van der Waals surface area contributed by atoms with Crippen LogP contribution in [0, 0.1) is 0 Å². The van der Waals surface area contributed by atoms with Gasteiger partial charge in [-0.15, -0.1) is 0 Å². The molecular formula is C10H12BrNO2. The summed E-state index contributed by atoms with van der Waals surface area (Å²) >= 11 is 3.47. The van der Waals surface area contributed by atoms with Crippen molar-refractivity contribution in [2.75, 3.05) is 13.7 Å². The maximum absolute atomic E-state index is 6.01. The summed E-state index contributed by atoms with van der Waals surface area (Å²) in [5.41, 5.74) is 7.02. The lowest BCUT2D eigenvalue weighted by Crippen LogP contribution is -2.21. The van der Waals surface area contributed by atoms with Gasteiger partial charge in [0.2, 0.25) is 0 Å². The molecule has 0 saturated carbocycles. The molecule has 0 bridgehead atoms. The Morgan fingerprint density at radius 3 is 3.07 bits per heavy atom. The number of rotatable bonds is 1. The molecule has 0 fully saturated rings. The zero-order valence-electron chi connectivity index (χ0n) is 7.92. The Labute approximate surface area is 91.3 Å². The van der Waals surface area contributed by atoms with E-state index in [1.807, 2.05) is 12.1 Å². The van der Waals surface area contributed by atoms with Crippen molar-refractivity contribution in [1.82, 2.24) is 0 Å². The smallest absolute Gasteiger partial charge is 0.167 e. The number of ether oxygens (including phenoxy) is 2. The van der Waals surface area contributed by atoms with E-state index in [0.717, 1.165) is 28.0 Å². The standard InChI is InChI=1S/C10H12BrNO2/c1-13-8-3-2-6(11)9-7(12)4-5-14-10(8)9/h2-3,7H,4-5,12H2,1H3/t7-/m1/s1. The van der Waals surface area contributed by atoms with Crippen LogP contribution in [0.25, 0.3) is 0 Å². The van der Waals surface area contributed by atoms with Crippen molar-refractivity contribution < 1.29 is 9.47 Å². The number of halogens is 1. The van der Waals surface area contributed by atoms with E-state index in [4.69, 9.17) is 15.2 Å². The van der Waals surface area contributed by atoms with Gasteiger partial charge in [0.1, 0.15) is 0 Å². The predicted octanol–water partition coefficient (Wildman–Crippen LogP) is 2.24. The Kier molecular flexibility index (Phi) is 2.65. The van der Waals surface area contributed by atoms with Crippen molar-refractivity contribution in [1.29, 1.82) is 0 Å². The van der Waals surface area contributed by atoms with Gasteiger partial charge in [-0.1, -0.05) is 15.9 Å². The van der Waals surface area contributed by atoms with Crippen LogP contribution in [0.2, 0.25) is 0 Å². The average Bonchev–Trinajstić information content (AvgIpc) is 2.18. The van der Waals surface area contributed by atoms with Gasteiger partial charge in [0.05, 0.1) is 13.7 Å². The molecule has 0 saturated heterocycles. The van der Waals surface area contributed by atoms with Crippen LogP contribution in [0.15, 0.2) is 16.6 Å². The highest BCUT2D eigenvalue weighted by Gasteiger charge is 2.24. The molecule has 0 amide bonds. The number of fused-ring (bicyclic) bond motifs is 1. The fourth-order valence-corrected chi connectivity index (χ4v) is 2.25. The van der Waals surface area contributed by atoms with Gasteiger partial charge in [0, 0.05) is 22.5 Å². The maximum atomic E-state index is 6.01. The summed E-state index contributed by atoms with van der Waals surface area (Å²) < 4.78 is 11.8. The molecule has 0 aromatic heterocycles. The summed E-state index contributed by atoms with van der Waals surface area (Å²) in [5, 5.41) is 0. The summed E-state index contributed by atoms with van der Waals surface area (Å²) in [6, 6.07) is 3.84. The van der Waals surface area contributed by atoms with Crippen molar-refractivity contribution in [2.24, 2.45) is 5.73 Å². The molecule has 1 aliphatic rings. The van der Waals surface area contributed by atoms with Gasteiger partial charge in [-0.05, 0) is 12.1 Å². The molecule has 4 heteroatoms. The van der Waals surface area contributed by atoms with Gasteiger partial charge in [0.15, 0.2) is 11.5 Å². The van der Waals surface area contributed by atoms with Crippen LogP contribution in [0.1, 0.15) is 18.0 Å². The minimum atomic E-state index is 0.0308. The normalized spacial score (nSPS) is 19.8. The Bertz CT molecular complexity index is 354. The zero-order valence-corrected chi connectivity index (χ0v) is 9.50. The molecule has 1 atom stereocenters. The molecule has 0 aliphatic carbocycles. The molecule has 1 heterocycles. The summed E-state index contributed by atoms with van der Waals surface area (Å²) in [4.78, 5) is 0. The van der Waals surface area contributed by atoms with E-state index >= 15 is 0 Å². The van der Waals surface area contributed by atoms with E-state index in [-0.39, 0.29) is 6.04 Å². The second kappa shape index (κ2) is 3.79. The van der Waals surface area contributed by atoms with E-state index < -0.39 is 0 Å².